The molecule has 3 aromatic carbocycles. The zero-order valence-corrected chi connectivity index (χ0v) is 22.1. The molecule has 37 heavy (non-hydrogen) atoms. The van der Waals surface area contributed by atoms with Gasteiger partial charge < -0.3 is 15.4 Å². The lowest BCUT2D eigenvalue weighted by molar-refractivity contribution is -0.120. The molecule has 188 valence electrons. The minimum absolute atomic E-state index is 0.117. The Balaban J connectivity index is 1.47. The number of nitrogens with zero attached hydrogens (tertiary/aromatic N) is 1. The first-order valence-corrected chi connectivity index (χ1v) is 12.3. The molecule has 3 aromatic rings. The van der Waals surface area contributed by atoms with Crippen molar-refractivity contribution < 1.29 is 23.9 Å². The molecule has 0 fully saturated rings. The van der Waals surface area contributed by atoms with E-state index < -0.39 is 17.8 Å². The van der Waals surface area contributed by atoms with Crippen molar-refractivity contribution in [2.45, 2.75) is 20.0 Å². The summed E-state index contributed by atoms with van der Waals surface area (Å²) >= 11 is 9.56. The summed E-state index contributed by atoms with van der Waals surface area (Å²) in [4.78, 5) is 51.6. The average molecular weight is 583 g/mol. The smallest absolute Gasteiger partial charge is 0.338 e. The number of carbonyl (C=O) groups is 4. The molecule has 0 saturated heterocycles. The molecule has 0 spiro atoms. The summed E-state index contributed by atoms with van der Waals surface area (Å²) in [6.45, 7) is 3.44. The number of carbonyl (C=O) groups excluding carboxylic acids is 4. The number of benzene rings is 3. The molecule has 1 aliphatic rings. The van der Waals surface area contributed by atoms with Gasteiger partial charge in [-0.3, -0.25) is 14.4 Å². The Bertz CT molecular complexity index is 1420. The number of hydrogen-bond acceptors (Lipinski definition) is 6. The maximum atomic E-state index is 13.1. The van der Waals surface area contributed by atoms with Crippen LogP contribution < -0.4 is 15.5 Å². The summed E-state index contributed by atoms with van der Waals surface area (Å²) in [6, 6.07) is 19.5. The van der Waals surface area contributed by atoms with Crippen molar-refractivity contribution >= 4 is 68.3 Å². The Morgan fingerprint density at radius 3 is 2.19 bits per heavy atom. The van der Waals surface area contributed by atoms with Gasteiger partial charge in [0, 0.05) is 21.4 Å². The largest absolute Gasteiger partial charge is 0.459 e. The third-order valence-electron chi connectivity index (χ3n) is 5.23. The van der Waals surface area contributed by atoms with E-state index in [0.29, 0.717) is 16.9 Å². The summed E-state index contributed by atoms with van der Waals surface area (Å²) in [5.74, 6) is -2.28. The van der Waals surface area contributed by atoms with Crippen LogP contribution in [0, 0.1) is 0 Å². The molecule has 3 amide bonds. The number of nitrogens with one attached hydrogen (secondary N) is 2. The minimum atomic E-state index is -0.728. The van der Waals surface area contributed by atoms with Crippen LogP contribution in [0.3, 0.4) is 0 Å². The molecular formula is C27H21BrClN3O5. The molecule has 2 N–H and O–H groups in total. The number of rotatable bonds is 7. The fraction of sp³-hybridized carbons (Fsp3) is 0.111. The number of amides is 3. The van der Waals surface area contributed by atoms with Crippen LogP contribution in [0.1, 0.15) is 34.6 Å². The first-order valence-electron chi connectivity index (χ1n) is 11.2. The van der Waals surface area contributed by atoms with Gasteiger partial charge in [0.25, 0.3) is 17.7 Å². The Morgan fingerprint density at radius 2 is 1.54 bits per heavy atom. The normalized spacial score (nSPS) is 13.3. The van der Waals surface area contributed by atoms with Crippen LogP contribution in [0.5, 0.6) is 0 Å². The molecule has 10 heteroatoms. The molecule has 0 aliphatic carbocycles. The number of imide groups is 1. The van der Waals surface area contributed by atoms with E-state index in [1.54, 1.807) is 56.3 Å². The van der Waals surface area contributed by atoms with Crippen LogP contribution in [0.25, 0.3) is 0 Å². The Hall–Kier alpha value is -3.95. The fourth-order valence-electron chi connectivity index (χ4n) is 3.49. The van der Waals surface area contributed by atoms with E-state index >= 15 is 0 Å². The third kappa shape index (κ3) is 5.90. The van der Waals surface area contributed by atoms with Crippen LogP contribution >= 0.6 is 27.5 Å². The number of anilines is 3. The van der Waals surface area contributed by atoms with Gasteiger partial charge in [0.1, 0.15) is 10.7 Å². The minimum Gasteiger partial charge on any atom is -0.459 e. The zero-order chi connectivity index (χ0) is 26.7. The van der Waals surface area contributed by atoms with E-state index in [0.717, 1.165) is 9.37 Å². The highest BCUT2D eigenvalue weighted by molar-refractivity contribution is 9.10. The number of hydrogen-bond donors (Lipinski definition) is 2. The SMILES string of the molecule is CC(C)OC(=O)c1cccc(N2C(=O)C(Cl)=C(Nc3ccc(C(=O)Nc4ccc(Br)cc4)cc3)C2=O)c1. The van der Waals surface area contributed by atoms with Crippen LogP contribution in [0.15, 0.2) is 88.0 Å². The maximum absolute atomic E-state index is 13.1. The van der Waals surface area contributed by atoms with Gasteiger partial charge in [-0.1, -0.05) is 33.6 Å². The molecule has 0 atom stereocenters. The zero-order valence-electron chi connectivity index (χ0n) is 19.7. The quantitative estimate of drug-likeness (QED) is 0.273. The second kappa shape index (κ2) is 11.0. The summed E-state index contributed by atoms with van der Waals surface area (Å²) in [5, 5.41) is 5.36. The van der Waals surface area contributed by atoms with Gasteiger partial charge in [0.2, 0.25) is 0 Å². The van der Waals surface area contributed by atoms with E-state index in [1.165, 1.54) is 18.2 Å². The van der Waals surface area contributed by atoms with Gasteiger partial charge in [-0.05, 0) is 80.6 Å². The maximum Gasteiger partial charge on any atom is 0.338 e. The summed E-state index contributed by atoms with van der Waals surface area (Å²) < 4.78 is 6.08. The molecule has 0 unspecified atom stereocenters. The molecule has 8 nitrogen and oxygen atoms in total. The van der Waals surface area contributed by atoms with Crippen molar-refractivity contribution in [1.29, 1.82) is 0 Å². The van der Waals surface area contributed by atoms with Crippen LogP contribution in [-0.4, -0.2) is 29.8 Å². The van der Waals surface area contributed by atoms with Crippen molar-refractivity contribution in [2.75, 3.05) is 15.5 Å². The standard InChI is InChI=1S/C27H21BrClN3O5/c1-15(2)37-27(36)17-4-3-5-21(14-17)32-25(34)22(29)23(26(32)35)30-19-10-6-16(7-11-19)24(33)31-20-12-8-18(28)9-13-20/h3-15,30H,1-2H3,(H,31,33). The van der Waals surface area contributed by atoms with Gasteiger partial charge in [0.15, 0.2) is 0 Å². The van der Waals surface area contributed by atoms with Crippen molar-refractivity contribution in [3.8, 4) is 0 Å². The van der Waals surface area contributed by atoms with E-state index in [4.69, 9.17) is 16.3 Å². The van der Waals surface area contributed by atoms with Crippen molar-refractivity contribution in [3.05, 3.63) is 99.1 Å². The Kier molecular flexibility index (Phi) is 7.75. The number of ether oxygens (including phenoxy) is 1. The lowest BCUT2D eigenvalue weighted by atomic mass is 10.1. The highest BCUT2D eigenvalue weighted by Gasteiger charge is 2.39. The van der Waals surface area contributed by atoms with Crippen LogP contribution in [0.4, 0.5) is 17.1 Å². The summed E-state index contributed by atoms with van der Waals surface area (Å²) in [6.07, 6.45) is -0.323. The molecule has 0 aromatic heterocycles. The lowest BCUT2D eigenvalue weighted by Crippen LogP contribution is -2.32. The van der Waals surface area contributed by atoms with Crippen molar-refractivity contribution in [1.82, 2.24) is 0 Å². The Labute approximate surface area is 226 Å². The topological polar surface area (TPSA) is 105 Å². The average Bonchev–Trinajstić information content (AvgIpc) is 3.08. The van der Waals surface area contributed by atoms with Crippen molar-refractivity contribution in [3.63, 3.8) is 0 Å². The molecule has 4 rings (SSSR count). The molecule has 1 heterocycles. The first kappa shape index (κ1) is 26.1. The molecule has 0 radical (unpaired) electrons. The highest BCUT2D eigenvalue weighted by atomic mass is 79.9. The summed E-state index contributed by atoms with van der Waals surface area (Å²) in [5.41, 5.74) is 1.75. The Morgan fingerprint density at radius 1 is 0.892 bits per heavy atom. The predicted octanol–water partition coefficient (Wildman–Crippen LogP) is 5.70. The lowest BCUT2D eigenvalue weighted by Gasteiger charge is -2.16. The summed E-state index contributed by atoms with van der Waals surface area (Å²) in [7, 11) is 0. The molecule has 1 aliphatic heterocycles. The van der Waals surface area contributed by atoms with Crippen LogP contribution in [-0.2, 0) is 14.3 Å². The number of halogens is 2. The first-order chi connectivity index (χ1) is 17.6. The monoisotopic (exact) mass is 581 g/mol. The van der Waals surface area contributed by atoms with E-state index in [9.17, 15) is 19.2 Å². The fourth-order valence-corrected chi connectivity index (χ4v) is 3.96. The third-order valence-corrected chi connectivity index (χ3v) is 6.11. The van der Waals surface area contributed by atoms with E-state index in [2.05, 4.69) is 26.6 Å². The molecule has 0 saturated carbocycles. The predicted molar refractivity (Wildman–Crippen MR) is 145 cm³/mol. The molecule has 0 bridgehead atoms. The van der Waals surface area contributed by atoms with Crippen molar-refractivity contribution in [2.24, 2.45) is 0 Å². The van der Waals surface area contributed by atoms with E-state index in [-0.39, 0.29) is 34.0 Å². The van der Waals surface area contributed by atoms with E-state index in [1.807, 2.05) is 12.1 Å². The second-order valence-electron chi connectivity index (χ2n) is 8.30. The van der Waals surface area contributed by atoms with Gasteiger partial charge in [-0.25, -0.2) is 9.69 Å². The number of esters is 1. The van der Waals surface area contributed by atoms with Crippen LogP contribution in [0.2, 0.25) is 0 Å². The molecular weight excluding hydrogens is 562 g/mol. The van der Waals surface area contributed by atoms with Gasteiger partial charge >= 0.3 is 5.97 Å². The van der Waals surface area contributed by atoms with Gasteiger partial charge in [0.05, 0.1) is 17.4 Å². The second-order valence-corrected chi connectivity index (χ2v) is 9.60. The van der Waals surface area contributed by atoms with Gasteiger partial charge in [-0.15, -0.1) is 0 Å². The highest BCUT2D eigenvalue weighted by Crippen LogP contribution is 2.31. The van der Waals surface area contributed by atoms with Gasteiger partial charge in [-0.2, -0.15) is 0 Å².